The van der Waals surface area contributed by atoms with Crippen LogP contribution in [0.15, 0.2) is 48.5 Å². The zero-order valence-corrected chi connectivity index (χ0v) is 15.5. The van der Waals surface area contributed by atoms with Gasteiger partial charge in [0, 0.05) is 31.9 Å². The summed E-state index contributed by atoms with van der Waals surface area (Å²) in [7, 11) is 0. The van der Waals surface area contributed by atoms with Crippen LogP contribution in [0.4, 0.5) is 10.1 Å². The number of benzene rings is 2. The Bertz CT molecular complexity index is 784. The number of nitrogens with zero attached hydrogens (tertiary/aromatic N) is 2. The predicted molar refractivity (Wildman–Crippen MR) is 105 cm³/mol. The maximum Gasteiger partial charge on any atom is 0.234 e. The molecular formula is C22H26FN3O. The zero-order valence-electron chi connectivity index (χ0n) is 15.5. The molecule has 2 aromatic carbocycles. The Hall–Kier alpha value is -2.40. The van der Waals surface area contributed by atoms with Crippen LogP contribution in [0.5, 0.6) is 0 Å². The molecule has 2 aliphatic rings. The van der Waals surface area contributed by atoms with Gasteiger partial charge in [-0.25, -0.2) is 4.39 Å². The Labute approximate surface area is 160 Å². The summed E-state index contributed by atoms with van der Waals surface area (Å²) in [5.74, 6) is -0.106. The van der Waals surface area contributed by atoms with Gasteiger partial charge in [0.1, 0.15) is 5.82 Å². The first-order valence-corrected chi connectivity index (χ1v) is 9.79. The third-order valence-corrected chi connectivity index (χ3v) is 5.64. The third-order valence-electron chi connectivity index (χ3n) is 5.64. The average Bonchev–Trinajstić information content (AvgIpc) is 2.69. The van der Waals surface area contributed by atoms with E-state index in [4.69, 9.17) is 0 Å². The fourth-order valence-corrected chi connectivity index (χ4v) is 4.16. The topological polar surface area (TPSA) is 35.6 Å². The molecule has 0 unspecified atom stereocenters. The van der Waals surface area contributed by atoms with E-state index in [-0.39, 0.29) is 17.8 Å². The van der Waals surface area contributed by atoms with Gasteiger partial charge in [0.25, 0.3) is 0 Å². The number of anilines is 1. The lowest BCUT2D eigenvalue weighted by Gasteiger charge is -2.36. The molecule has 1 fully saturated rings. The van der Waals surface area contributed by atoms with Gasteiger partial charge < -0.3 is 10.2 Å². The van der Waals surface area contributed by atoms with Gasteiger partial charge in [0.05, 0.1) is 12.6 Å². The van der Waals surface area contributed by atoms with Crippen molar-refractivity contribution in [3.63, 3.8) is 0 Å². The molecule has 1 saturated heterocycles. The third kappa shape index (κ3) is 4.30. The molecular weight excluding hydrogens is 341 g/mol. The quantitative estimate of drug-likeness (QED) is 0.902. The van der Waals surface area contributed by atoms with Crippen LogP contribution in [0.3, 0.4) is 0 Å². The second-order valence-electron chi connectivity index (χ2n) is 7.45. The second kappa shape index (κ2) is 8.09. The van der Waals surface area contributed by atoms with Crippen molar-refractivity contribution in [3.05, 3.63) is 65.5 Å². The number of hydrogen-bond donors (Lipinski definition) is 1. The maximum absolute atomic E-state index is 13.1. The monoisotopic (exact) mass is 367 g/mol. The molecule has 0 saturated carbocycles. The second-order valence-corrected chi connectivity index (χ2v) is 7.45. The summed E-state index contributed by atoms with van der Waals surface area (Å²) >= 11 is 0. The van der Waals surface area contributed by atoms with Gasteiger partial charge in [-0.05, 0) is 54.7 Å². The number of hydrogen-bond acceptors (Lipinski definition) is 3. The molecule has 0 aromatic heterocycles. The molecule has 1 heterocycles. The minimum absolute atomic E-state index is 0.104. The number of rotatable bonds is 4. The van der Waals surface area contributed by atoms with E-state index in [0.717, 1.165) is 51.1 Å². The van der Waals surface area contributed by atoms with Crippen LogP contribution in [0, 0.1) is 5.82 Å². The number of carbonyl (C=O) groups is 1. The first-order valence-electron chi connectivity index (χ1n) is 9.79. The first-order chi connectivity index (χ1) is 13.2. The zero-order chi connectivity index (χ0) is 18.6. The summed E-state index contributed by atoms with van der Waals surface area (Å²) in [6, 6.07) is 15.2. The van der Waals surface area contributed by atoms with Crippen LogP contribution in [-0.2, 0) is 11.2 Å². The fourth-order valence-electron chi connectivity index (χ4n) is 4.16. The van der Waals surface area contributed by atoms with E-state index in [2.05, 4.69) is 39.4 Å². The van der Waals surface area contributed by atoms with Crippen molar-refractivity contribution in [2.45, 2.75) is 25.3 Å². The van der Waals surface area contributed by atoms with E-state index in [1.54, 1.807) is 0 Å². The Morgan fingerprint density at radius 2 is 1.78 bits per heavy atom. The molecule has 5 heteroatoms. The summed E-state index contributed by atoms with van der Waals surface area (Å²) in [4.78, 5) is 17.0. The number of aryl methyl sites for hydroxylation is 1. The molecule has 1 amide bonds. The average molecular weight is 367 g/mol. The van der Waals surface area contributed by atoms with E-state index < -0.39 is 0 Å². The normalized spacial score (nSPS) is 20.2. The molecule has 2 aromatic rings. The summed E-state index contributed by atoms with van der Waals surface area (Å²) in [6.45, 7) is 3.82. The lowest BCUT2D eigenvalue weighted by atomic mass is 9.88. The Kier molecular flexibility index (Phi) is 5.39. The molecule has 27 heavy (non-hydrogen) atoms. The van der Waals surface area contributed by atoms with Gasteiger partial charge in [0.15, 0.2) is 0 Å². The number of halogens is 1. The lowest BCUT2D eigenvalue weighted by Crippen LogP contribution is -2.50. The highest BCUT2D eigenvalue weighted by Gasteiger charge is 2.24. The smallest absolute Gasteiger partial charge is 0.234 e. The highest BCUT2D eigenvalue weighted by atomic mass is 19.1. The van der Waals surface area contributed by atoms with Crippen LogP contribution >= 0.6 is 0 Å². The number of piperazine rings is 1. The molecule has 1 aliphatic carbocycles. The predicted octanol–water partition coefficient (Wildman–Crippen LogP) is 3.14. The molecule has 0 spiro atoms. The van der Waals surface area contributed by atoms with Crippen LogP contribution < -0.4 is 10.2 Å². The number of nitrogens with one attached hydrogen (secondary N) is 1. The lowest BCUT2D eigenvalue weighted by molar-refractivity contribution is -0.123. The van der Waals surface area contributed by atoms with Gasteiger partial charge in [-0.15, -0.1) is 0 Å². The first kappa shape index (κ1) is 18.0. The molecule has 4 nitrogen and oxygen atoms in total. The van der Waals surface area contributed by atoms with Crippen molar-refractivity contribution in [2.75, 3.05) is 37.6 Å². The Balaban J connectivity index is 1.28. The molecule has 1 aliphatic heterocycles. The molecule has 4 rings (SSSR count). The summed E-state index contributed by atoms with van der Waals surface area (Å²) < 4.78 is 13.1. The van der Waals surface area contributed by atoms with Gasteiger partial charge in [-0.3, -0.25) is 9.69 Å². The van der Waals surface area contributed by atoms with E-state index in [1.807, 2.05) is 12.1 Å². The summed E-state index contributed by atoms with van der Waals surface area (Å²) in [5, 5.41) is 3.24. The van der Waals surface area contributed by atoms with Crippen LogP contribution in [0.25, 0.3) is 0 Å². The van der Waals surface area contributed by atoms with Gasteiger partial charge in [-0.1, -0.05) is 24.3 Å². The molecule has 0 bridgehead atoms. The minimum Gasteiger partial charge on any atom is -0.369 e. The van der Waals surface area contributed by atoms with Gasteiger partial charge in [-0.2, -0.15) is 0 Å². The SMILES string of the molecule is O=C(CN1CCN(c2ccc(F)cc2)CC1)N[C@@H]1CCCc2ccccc21. The number of amides is 1. The number of carbonyl (C=O) groups excluding carboxylic acids is 1. The highest BCUT2D eigenvalue weighted by Crippen LogP contribution is 2.29. The van der Waals surface area contributed by atoms with Gasteiger partial charge in [0.2, 0.25) is 5.91 Å². The molecule has 1 atom stereocenters. The number of fused-ring (bicyclic) bond motifs is 1. The van der Waals surface area contributed by atoms with Crippen LogP contribution in [0.1, 0.15) is 30.0 Å². The van der Waals surface area contributed by atoms with Crippen molar-refractivity contribution < 1.29 is 9.18 Å². The Morgan fingerprint density at radius 3 is 2.56 bits per heavy atom. The van der Waals surface area contributed by atoms with Crippen LogP contribution in [0.2, 0.25) is 0 Å². The van der Waals surface area contributed by atoms with Gasteiger partial charge >= 0.3 is 0 Å². The maximum atomic E-state index is 13.1. The van der Waals surface area contributed by atoms with E-state index in [9.17, 15) is 9.18 Å². The molecule has 0 radical (unpaired) electrons. The van der Waals surface area contributed by atoms with E-state index in [0.29, 0.717) is 6.54 Å². The van der Waals surface area contributed by atoms with Crippen LogP contribution in [-0.4, -0.2) is 43.5 Å². The van der Waals surface area contributed by atoms with Crippen molar-refractivity contribution in [1.82, 2.24) is 10.2 Å². The molecule has 1 N–H and O–H groups in total. The molecule has 142 valence electrons. The Morgan fingerprint density at radius 1 is 1.04 bits per heavy atom. The summed E-state index contributed by atoms with van der Waals surface area (Å²) in [5.41, 5.74) is 3.68. The highest BCUT2D eigenvalue weighted by molar-refractivity contribution is 5.78. The van der Waals surface area contributed by atoms with Crippen molar-refractivity contribution >= 4 is 11.6 Å². The van der Waals surface area contributed by atoms with Crippen molar-refractivity contribution in [3.8, 4) is 0 Å². The van der Waals surface area contributed by atoms with Crippen molar-refractivity contribution in [1.29, 1.82) is 0 Å². The van der Waals surface area contributed by atoms with E-state index >= 15 is 0 Å². The summed E-state index contributed by atoms with van der Waals surface area (Å²) in [6.07, 6.45) is 3.24. The fraction of sp³-hybridized carbons (Fsp3) is 0.409. The van der Waals surface area contributed by atoms with Crippen molar-refractivity contribution in [2.24, 2.45) is 0 Å². The van der Waals surface area contributed by atoms with E-state index in [1.165, 1.54) is 23.3 Å². The standard InChI is InChI=1S/C22H26FN3O/c23-18-8-10-19(11-9-18)26-14-12-25(13-15-26)16-22(27)24-21-7-3-5-17-4-1-2-6-20(17)21/h1-2,4,6,8-11,21H,3,5,7,12-16H2,(H,24,27)/t21-/m1/s1. The largest absolute Gasteiger partial charge is 0.369 e. The minimum atomic E-state index is -0.210.